The van der Waals surface area contributed by atoms with Gasteiger partial charge in [0.2, 0.25) is 6.33 Å². The van der Waals surface area contributed by atoms with Crippen LogP contribution in [0.15, 0.2) is 36.8 Å². The van der Waals surface area contributed by atoms with Gasteiger partial charge in [-0.05, 0) is 13.0 Å². The van der Waals surface area contributed by atoms with Crippen molar-refractivity contribution >= 4 is 5.97 Å². The van der Waals surface area contributed by atoms with Crippen LogP contribution in [0.3, 0.4) is 0 Å². The minimum Gasteiger partial charge on any atom is -0.478 e. The summed E-state index contributed by atoms with van der Waals surface area (Å²) in [6.45, 7) is 2.79. The van der Waals surface area contributed by atoms with E-state index in [1.165, 1.54) is 6.07 Å². The van der Waals surface area contributed by atoms with Crippen molar-refractivity contribution in [1.29, 1.82) is 0 Å². The van der Waals surface area contributed by atoms with Gasteiger partial charge in [0.25, 0.3) is 0 Å². The van der Waals surface area contributed by atoms with Crippen LogP contribution < -0.4 is 4.57 Å². The molecule has 2 rings (SSSR count). The molecule has 2 N–H and O–H groups in total. The number of imidazole rings is 1. The van der Waals surface area contributed by atoms with Gasteiger partial charge >= 0.3 is 5.97 Å². The predicted molar refractivity (Wildman–Crippen MR) is 68.7 cm³/mol. The van der Waals surface area contributed by atoms with Gasteiger partial charge in [-0.1, -0.05) is 18.2 Å². The lowest BCUT2D eigenvalue weighted by Crippen LogP contribution is -2.28. The molecule has 1 aromatic carbocycles. The highest BCUT2D eigenvalue weighted by Crippen LogP contribution is 2.24. The Morgan fingerprint density at radius 1 is 1.42 bits per heavy atom. The maximum Gasteiger partial charge on any atom is 0.336 e. The summed E-state index contributed by atoms with van der Waals surface area (Å²) >= 11 is 0. The average molecular weight is 261 g/mol. The Morgan fingerprint density at radius 3 is 2.68 bits per heavy atom. The lowest BCUT2D eigenvalue weighted by Gasteiger charge is -2.10. The van der Waals surface area contributed by atoms with E-state index >= 15 is 0 Å². The quantitative estimate of drug-likeness (QED) is 0.810. The van der Waals surface area contributed by atoms with E-state index in [9.17, 15) is 9.90 Å². The monoisotopic (exact) mass is 261 g/mol. The van der Waals surface area contributed by atoms with Crippen molar-refractivity contribution in [2.75, 3.05) is 0 Å². The summed E-state index contributed by atoms with van der Waals surface area (Å²) in [5, 5.41) is 19.6. The van der Waals surface area contributed by atoms with Gasteiger partial charge in [0, 0.05) is 5.56 Å². The van der Waals surface area contributed by atoms with Gasteiger partial charge in [0.15, 0.2) is 5.69 Å². The number of aromatic nitrogens is 2. The second-order valence-corrected chi connectivity index (χ2v) is 4.41. The molecule has 0 aliphatic carbocycles. The Hall–Kier alpha value is -2.14. The number of hydrogen-bond donors (Lipinski definition) is 2. The molecule has 1 aromatic heterocycles. The van der Waals surface area contributed by atoms with E-state index in [-0.39, 0.29) is 5.56 Å². The molecule has 2 aromatic rings. The maximum absolute atomic E-state index is 11.2. The van der Waals surface area contributed by atoms with Crippen LogP contribution in [0.1, 0.15) is 34.6 Å². The molecule has 0 saturated carbocycles. The van der Waals surface area contributed by atoms with Crippen molar-refractivity contribution in [3.63, 3.8) is 0 Å². The number of hydrogen-bond acceptors (Lipinski definition) is 2. The zero-order valence-electron chi connectivity index (χ0n) is 10.9. The van der Waals surface area contributed by atoms with Gasteiger partial charge in [-0.3, -0.25) is 0 Å². The van der Waals surface area contributed by atoms with E-state index in [0.29, 0.717) is 11.3 Å². The fourth-order valence-corrected chi connectivity index (χ4v) is 2.11. The second kappa shape index (κ2) is 5.24. The predicted octanol–water partition coefficient (Wildman–Crippen LogP) is 1.11. The van der Waals surface area contributed by atoms with Crippen LogP contribution in [0.4, 0.5) is 0 Å². The van der Waals surface area contributed by atoms with E-state index in [0.717, 1.165) is 6.54 Å². The smallest absolute Gasteiger partial charge is 0.336 e. The molecule has 0 saturated heterocycles. The molecular formula is C14H17N2O3+. The fraction of sp³-hybridized carbons (Fsp3) is 0.286. The molecule has 5 nitrogen and oxygen atoms in total. The van der Waals surface area contributed by atoms with Crippen LogP contribution in [0.2, 0.25) is 0 Å². The number of aliphatic hydroxyl groups excluding tert-OH is 1. The number of carboxylic acid groups (broad SMARTS) is 1. The largest absolute Gasteiger partial charge is 0.478 e. The Bertz CT molecular complexity index is 604. The molecule has 5 heteroatoms. The molecule has 0 radical (unpaired) electrons. The number of aryl methyl sites for hydroxylation is 2. The third-order valence-electron chi connectivity index (χ3n) is 3.16. The van der Waals surface area contributed by atoms with Crippen molar-refractivity contribution in [3.8, 4) is 0 Å². The number of carboxylic acids is 1. The van der Waals surface area contributed by atoms with Gasteiger partial charge in [-0.25, -0.2) is 13.9 Å². The molecule has 0 aliphatic rings. The van der Waals surface area contributed by atoms with E-state index in [1.807, 2.05) is 31.1 Å². The Morgan fingerprint density at radius 2 is 2.11 bits per heavy atom. The number of carbonyl (C=O) groups is 1. The molecule has 1 atom stereocenters. The van der Waals surface area contributed by atoms with Gasteiger partial charge in [-0.15, -0.1) is 0 Å². The Labute approximate surface area is 111 Å². The highest BCUT2D eigenvalue weighted by molar-refractivity contribution is 5.89. The number of aliphatic hydroxyl groups is 1. The summed E-state index contributed by atoms with van der Waals surface area (Å²) in [4.78, 5) is 11.2. The molecule has 19 heavy (non-hydrogen) atoms. The lowest BCUT2D eigenvalue weighted by molar-refractivity contribution is -0.693. The molecular weight excluding hydrogens is 244 g/mol. The second-order valence-electron chi connectivity index (χ2n) is 4.41. The Balaban J connectivity index is 2.46. The van der Waals surface area contributed by atoms with Gasteiger partial charge < -0.3 is 10.2 Å². The SMILES string of the molecule is CC[n+]1cc(C(O)c2ccccc2C(=O)O)n(C)c1. The lowest BCUT2D eigenvalue weighted by atomic mass is 10.0. The summed E-state index contributed by atoms with van der Waals surface area (Å²) in [6.07, 6.45) is 2.73. The molecule has 1 heterocycles. The topological polar surface area (TPSA) is 66.3 Å². The molecule has 0 amide bonds. The van der Waals surface area contributed by atoms with E-state index in [2.05, 4.69) is 0 Å². The number of aromatic carboxylic acids is 1. The van der Waals surface area contributed by atoms with Crippen molar-refractivity contribution in [3.05, 3.63) is 53.6 Å². The first-order valence-corrected chi connectivity index (χ1v) is 6.10. The molecule has 0 spiro atoms. The first-order chi connectivity index (χ1) is 9.04. The number of nitrogens with zero attached hydrogens (tertiary/aromatic N) is 2. The minimum atomic E-state index is -1.03. The average Bonchev–Trinajstić information content (AvgIpc) is 2.79. The minimum absolute atomic E-state index is 0.124. The standard InChI is InChI=1S/C14H16N2O3/c1-3-16-8-12(15(2)9-16)13(17)10-6-4-5-7-11(10)14(18)19/h4-9,13,17H,3H2,1-2H3/p+1. The summed E-state index contributed by atoms with van der Waals surface area (Å²) in [5.41, 5.74) is 1.19. The van der Waals surface area contributed by atoms with E-state index in [1.54, 1.807) is 22.8 Å². The van der Waals surface area contributed by atoms with E-state index < -0.39 is 12.1 Å². The number of rotatable bonds is 4. The van der Waals surface area contributed by atoms with Gasteiger partial charge in [-0.2, -0.15) is 0 Å². The molecule has 100 valence electrons. The fourth-order valence-electron chi connectivity index (χ4n) is 2.11. The van der Waals surface area contributed by atoms with Crippen molar-refractivity contribution in [2.24, 2.45) is 7.05 Å². The summed E-state index contributed by atoms with van der Waals surface area (Å²) in [6, 6.07) is 6.51. The van der Waals surface area contributed by atoms with Crippen LogP contribution in [0.5, 0.6) is 0 Å². The summed E-state index contributed by atoms with van der Waals surface area (Å²) in [5.74, 6) is -1.03. The highest BCUT2D eigenvalue weighted by Gasteiger charge is 2.24. The molecule has 0 aliphatic heterocycles. The highest BCUT2D eigenvalue weighted by atomic mass is 16.4. The first kappa shape index (κ1) is 13.3. The van der Waals surface area contributed by atoms with Crippen molar-refractivity contribution < 1.29 is 19.6 Å². The van der Waals surface area contributed by atoms with Crippen LogP contribution in [0, 0.1) is 0 Å². The third-order valence-corrected chi connectivity index (χ3v) is 3.16. The molecule has 0 fully saturated rings. The van der Waals surface area contributed by atoms with Gasteiger partial charge in [0.05, 0.1) is 19.2 Å². The van der Waals surface area contributed by atoms with Crippen molar-refractivity contribution in [2.45, 2.75) is 19.6 Å². The third kappa shape index (κ3) is 2.51. The molecule has 1 unspecified atom stereocenters. The summed E-state index contributed by atoms with van der Waals surface area (Å²) in [7, 11) is 1.83. The van der Waals surface area contributed by atoms with Crippen molar-refractivity contribution in [1.82, 2.24) is 4.57 Å². The van der Waals surface area contributed by atoms with Gasteiger partial charge in [0.1, 0.15) is 12.3 Å². The van der Waals surface area contributed by atoms with Crippen LogP contribution in [-0.4, -0.2) is 20.7 Å². The van der Waals surface area contributed by atoms with Crippen LogP contribution in [0.25, 0.3) is 0 Å². The normalized spacial score (nSPS) is 12.4. The van der Waals surface area contributed by atoms with Crippen LogP contribution in [-0.2, 0) is 13.6 Å². The maximum atomic E-state index is 11.2. The first-order valence-electron chi connectivity index (χ1n) is 6.10. The zero-order chi connectivity index (χ0) is 14.0. The van der Waals surface area contributed by atoms with E-state index in [4.69, 9.17) is 5.11 Å². The Kier molecular flexibility index (Phi) is 3.66. The van der Waals surface area contributed by atoms with Crippen LogP contribution >= 0.6 is 0 Å². The summed E-state index contributed by atoms with van der Waals surface area (Å²) < 4.78 is 3.73. The zero-order valence-corrected chi connectivity index (χ0v) is 10.9. The number of benzene rings is 1. The molecule has 0 bridgehead atoms.